The highest BCUT2D eigenvalue weighted by molar-refractivity contribution is 5.84. The predicted molar refractivity (Wildman–Crippen MR) is 163 cm³/mol. The van der Waals surface area contributed by atoms with Crippen LogP contribution in [0.5, 0.6) is 0 Å². The Bertz CT molecular complexity index is 1450. The van der Waals surface area contributed by atoms with Gasteiger partial charge in [-0.1, -0.05) is 60.1 Å². The van der Waals surface area contributed by atoms with Gasteiger partial charge < -0.3 is 11.5 Å². The maximum Gasteiger partial charge on any atom is 0.236 e. The molecule has 5 aliphatic rings. The lowest BCUT2D eigenvalue weighted by Crippen LogP contribution is -2.63. The van der Waals surface area contributed by atoms with Crippen LogP contribution in [0.15, 0.2) is 24.0 Å². The first-order chi connectivity index (χ1) is 19.1. The smallest absolute Gasteiger partial charge is 0.236 e. The van der Waals surface area contributed by atoms with Crippen LogP contribution in [0.2, 0.25) is 0 Å². The predicted octanol–water partition coefficient (Wildman–Crippen LogP) is 6.78. The van der Waals surface area contributed by atoms with Crippen molar-refractivity contribution in [3.63, 3.8) is 0 Å². The number of nitrogens with zero attached hydrogens (tertiary/aromatic N) is 3. The van der Waals surface area contributed by atoms with Crippen molar-refractivity contribution in [2.24, 2.45) is 51.2 Å². The van der Waals surface area contributed by atoms with Crippen LogP contribution in [0.3, 0.4) is 0 Å². The van der Waals surface area contributed by atoms with Gasteiger partial charge in [0.2, 0.25) is 11.9 Å². The first-order valence-electron chi connectivity index (χ1n) is 16.0. The van der Waals surface area contributed by atoms with E-state index in [9.17, 15) is 4.79 Å². The van der Waals surface area contributed by atoms with E-state index in [1.54, 1.807) is 22.5 Å². The van der Waals surface area contributed by atoms with Gasteiger partial charge >= 0.3 is 0 Å². The van der Waals surface area contributed by atoms with Crippen molar-refractivity contribution in [2.45, 2.75) is 105 Å². The first-order valence-corrected chi connectivity index (χ1v) is 16.0. The summed E-state index contributed by atoms with van der Waals surface area (Å²) in [5.74, 6) is 3.10. The molecule has 2 aromatic heterocycles. The van der Waals surface area contributed by atoms with Gasteiger partial charge in [-0.05, 0) is 96.7 Å². The fourth-order valence-corrected chi connectivity index (χ4v) is 12.0. The quantitative estimate of drug-likeness (QED) is 0.334. The number of nitrogens with two attached hydrogens (primary N) is 2. The van der Waals surface area contributed by atoms with Crippen LogP contribution < -0.4 is 11.5 Å². The molecule has 0 aliphatic heterocycles. The van der Waals surface area contributed by atoms with Crippen LogP contribution in [-0.2, 0) is 11.8 Å². The lowest BCUT2D eigenvalue weighted by Gasteiger charge is -2.70. The van der Waals surface area contributed by atoms with E-state index in [4.69, 9.17) is 11.5 Å². The molecule has 7 nitrogen and oxygen atoms in total. The Balaban J connectivity index is 1.29. The number of carbonyl (C=O) groups is 1. The Morgan fingerprint density at radius 2 is 1.78 bits per heavy atom. The summed E-state index contributed by atoms with van der Waals surface area (Å²) < 4.78 is 1.60. The van der Waals surface area contributed by atoms with Gasteiger partial charge in [-0.15, -0.1) is 0 Å². The SMILES string of the molecule is CC1(C)CC2C3=CCC4[C@@]5(C)Cc6c(N)n[nH]c6C(C)(C)C5CC[C@@]4(C)[C@]3(C)CC[C@@H]2[C@H](C(=O)n2ccnc2N)C1. The highest BCUT2D eigenvalue weighted by Gasteiger charge is 2.67. The maximum atomic E-state index is 13.9. The van der Waals surface area contributed by atoms with Crippen LogP contribution in [-0.4, -0.2) is 25.7 Å². The number of H-pyrrole nitrogens is 1. The van der Waals surface area contributed by atoms with Crippen molar-refractivity contribution in [1.29, 1.82) is 0 Å². The third-order valence-electron chi connectivity index (χ3n) is 13.9. The number of nitrogen functional groups attached to an aromatic ring is 2. The second kappa shape index (κ2) is 8.29. The molecule has 2 aromatic rings. The van der Waals surface area contributed by atoms with Gasteiger partial charge in [0.25, 0.3) is 0 Å². The Hall–Kier alpha value is -2.57. The molecular weight excluding hydrogens is 508 g/mol. The van der Waals surface area contributed by atoms with E-state index in [1.165, 1.54) is 24.1 Å². The molecular formula is C34H50N6O. The van der Waals surface area contributed by atoms with Crippen molar-refractivity contribution >= 4 is 17.7 Å². The van der Waals surface area contributed by atoms with E-state index in [0.29, 0.717) is 35.4 Å². The average molecular weight is 559 g/mol. The Kier molecular flexibility index (Phi) is 5.51. The first kappa shape index (κ1) is 27.3. The van der Waals surface area contributed by atoms with Crippen LogP contribution in [0.4, 0.5) is 11.8 Å². The number of hydrogen-bond donors (Lipinski definition) is 3. The number of allylic oxidation sites excluding steroid dienone is 2. The van der Waals surface area contributed by atoms with E-state index in [-0.39, 0.29) is 38.9 Å². The average Bonchev–Trinajstić information content (AvgIpc) is 3.48. The summed E-state index contributed by atoms with van der Waals surface area (Å²) >= 11 is 0. The van der Waals surface area contributed by atoms with E-state index in [0.717, 1.165) is 38.5 Å². The minimum absolute atomic E-state index is 0.0208. The summed E-state index contributed by atoms with van der Waals surface area (Å²) in [6, 6.07) is 0. The van der Waals surface area contributed by atoms with Crippen molar-refractivity contribution in [1.82, 2.24) is 19.7 Å². The zero-order valence-electron chi connectivity index (χ0n) is 26.2. The minimum atomic E-state index is -0.0221. The number of rotatable bonds is 1. The van der Waals surface area contributed by atoms with Gasteiger partial charge in [-0.3, -0.25) is 14.5 Å². The van der Waals surface area contributed by atoms with Crippen molar-refractivity contribution in [3.8, 4) is 0 Å². The Morgan fingerprint density at radius 1 is 1.02 bits per heavy atom. The number of aromatic amines is 1. The van der Waals surface area contributed by atoms with Gasteiger partial charge in [0.1, 0.15) is 5.82 Å². The van der Waals surface area contributed by atoms with Crippen LogP contribution in [0.25, 0.3) is 0 Å². The standard InChI is InChI=1S/C34H50N6O/c1-30(2)16-20-19(21(17-30)28(41)40-15-14-37-29(40)36)10-12-33(6)23(20)8-9-25-32(5)18-22-26(38-39-27(22)35)31(3,4)24(32)11-13-34(25,33)7/h8,14-15,19-21,24-25H,9-13,16-18H2,1-7H3,(H2,36,37)(H3,35,38,39)/t19-,20?,21+,24?,25?,32-,33+,34+/m0/s1. The van der Waals surface area contributed by atoms with Gasteiger partial charge in [-0.2, -0.15) is 5.10 Å². The van der Waals surface area contributed by atoms with Crippen molar-refractivity contribution in [2.75, 3.05) is 11.5 Å². The van der Waals surface area contributed by atoms with E-state index < -0.39 is 0 Å². The molecule has 0 spiro atoms. The second-order valence-electron chi connectivity index (χ2n) is 16.6. The van der Waals surface area contributed by atoms with Gasteiger partial charge in [0, 0.05) is 35.0 Å². The number of nitrogens with one attached hydrogen (secondary N) is 1. The van der Waals surface area contributed by atoms with Gasteiger partial charge in [0.15, 0.2) is 0 Å². The van der Waals surface area contributed by atoms with E-state index in [2.05, 4.69) is 69.7 Å². The molecule has 0 radical (unpaired) electrons. The highest BCUT2D eigenvalue weighted by atomic mass is 16.2. The Labute approximate surface area is 245 Å². The molecule has 0 aromatic carbocycles. The zero-order chi connectivity index (χ0) is 29.3. The normalized spacial score (nSPS) is 42.1. The zero-order valence-corrected chi connectivity index (χ0v) is 26.2. The number of carbonyl (C=O) groups excluding carboxylic acids is 1. The van der Waals surface area contributed by atoms with Crippen molar-refractivity contribution in [3.05, 3.63) is 35.3 Å². The molecule has 7 heteroatoms. The number of hydrogen-bond acceptors (Lipinski definition) is 5. The topological polar surface area (TPSA) is 116 Å². The minimum Gasteiger partial charge on any atom is -0.382 e. The summed E-state index contributed by atoms with van der Waals surface area (Å²) in [6.45, 7) is 17.4. The van der Waals surface area contributed by atoms with Crippen LogP contribution >= 0.6 is 0 Å². The molecule has 3 fully saturated rings. The summed E-state index contributed by atoms with van der Waals surface area (Å²) in [5, 5.41) is 7.83. The molecule has 5 aliphatic carbocycles. The molecule has 0 amide bonds. The Morgan fingerprint density at radius 3 is 2.49 bits per heavy atom. The second-order valence-corrected chi connectivity index (χ2v) is 16.6. The molecule has 222 valence electrons. The van der Waals surface area contributed by atoms with E-state index in [1.807, 2.05) is 0 Å². The van der Waals surface area contributed by atoms with Crippen LogP contribution in [0.1, 0.15) is 109 Å². The summed E-state index contributed by atoms with van der Waals surface area (Å²) in [7, 11) is 0. The molecule has 7 rings (SSSR count). The number of fused-ring (bicyclic) bond motifs is 8. The fraction of sp³-hybridized carbons (Fsp3) is 0.735. The van der Waals surface area contributed by atoms with E-state index >= 15 is 0 Å². The molecule has 8 atom stereocenters. The lowest BCUT2D eigenvalue weighted by molar-refractivity contribution is -0.154. The lowest BCUT2D eigenvalue weighted by atomic mass is 9.34. The van der Waals surface area contributed by atoms with Gasteiger partial charge in [0.05, 0.1) is 0 Å². The molecule has 3 saturated carbocycles. The summed E-state index contributed by atoms with van der Waals surface area (Å²) in [6.07, 6.45) is 15.0. The third-order valence-corrected chi connectivity index (χ3v) is 13.9. The number of anilines is 2. The monoisotopic (exact) mass is 558 g/mol. The molecule has 0 saturated heterocycles. The molecule has 2 heterocycles. The maximum absolute atomic E-state index is 13.9. The molecule has 41 heavy (non-hydrogen) atoms. The van der Waals surface area contributed by atoms with Crippen molar-refractivity contribution < 1.29 is 4.79 Å². The van der Waals surface area contributed by atoms with Gasteiger partial charge in [-0.25, -0.2) is 4.98 Å². The fourth-order valence-electron chi connectivity index (χ4n) is 12.0. The van der Waals surface area contributed by atoms with Crippen LogP contribution in [0, 0.1) is 51.2 Å². The summed E-state index contributed by atoms with van der Waals surface area (Å²) in [5.41, 5.74) is 17.4. The summed E-state index contributed by atoms with van der Waals surface area (Å²) in [4.78, 5) is 18.1. The molecule has 0 bridgehead atoms. The largest absolute Gasteiger partial charge is 0.382 e. The molecule has 5 N–H and O–H groups in total. The molecule has 3 unspecified atom stereocenters. The highest BCUT2D eigenvalue weighted by Crippen LogP contribution is 2.74. The third kappa shape index (κ3) is 3.41. The number of imidazole rings is 1. The number of aromatic nitrogens is 4.